The van der Waals surface area contributed by atoms with Crippen molar-refractivity contribution in [3.63, 3.8) is 0 Å². The molecule has 0 saturated heterocycles. The van der Waals surface area contributed by atoms with E-state index >= 15 is 0 Å². The number of rotatable bonds is 5. The van der Waals surface area contributed by atoms with Gasteiger partial charge in [0.1, 0.15) is 5.82 Å². The Labute approximate surface area is 129 Å². The first-order valence-corrected chi connectivity index (χ1v) is 7.52. The Morgan fingerprint density at radius 2 is 1.81 bits per heavy atom. The average Bonchev–Trinajstić information content (AvgIpc) is 3.29. The lowest BCUT2D eigenvalue weighted by molar-refractivity contribution is 0.242. The second-order valence-electron chi connectivity index (χ2n) is 5.61. The topological polar surface area (TPSA) is 29.3 Å². The van der Waals surface area contributed by atoms with Crippen LogP contribution < -0.4 is 5.73 Å². The molecule has 0 heterocycles. The molecule has 2 aromatic carbocycles. The number of anilines is 1. The molecule has 21 heavy (non-hydrogen) atoms. The molecule has 3 rings (SSSR count). The number of nitrogen functional groups attached to an aromatic ring is 1. The van der Waals surface area contributed by atoms with Crippen molar-refractivity contribution in [3.8, 4) is 0 Å². The molecule has 0 amide bonds. The van der Waals surface area contributed by atoms with Crippen molar-refractivity contribution in [1.29, 1.82) is 0 Å². The lowest BCUT2D eigenvalue weighted by Gasteiger charge is -2.22. The minimum atomic E-state index is -0.192. The highest BCUT2D eigenvalue weighted by Gasteiger charge is 2.29. The van der Waals surface area contributed by atoms with Crippen LogP contribution in [0.4, 0.5) is 10.1 Å². The number of nitrogens with two attached hydrogens (primary N) is 1. The molecule has 0 unspecified atom stereocenters. The Balaban J connectivity index is 1.75. The third-order valence-electron chi connectivity index (χ3n) is 3.81. The monoisotopic (exact) mass is 304 g/mol. The standard InChI is InChI=1S/C17H18ClFN2/c18-14-3-8-17(19)13(9-14)11-21(16-6-7-16)10-12-1-4-15(20)5-2-12/h1-5,8-9,16H,6-7,10-11,20H2. The minimum Gasteiger partial charge on any atom is -0.399 e. The largest absolute Gasteiger partial charge is 0.399 e. The molecule has 0 spiro atoms. The fourth-order valence-electron chi connectivity index (χ4n) is 2.49. The van der Waals surface area contributed by atoms with Crippen molar-refractivity contribution >= 4 is 17.3 Å². The van der Waals surface area contributed by atoms with Gasteiger partial charge in [0.05, 0.1) is 0 Å². The van der Waals surface area contributed by atoms with Crippen LogP contribution in [-0.2, 0) is 13.1 Å². The summed E-state index contributed by atoms with van der Waals surface area (Å²) < 4.78 is 13.9. The molecular formula is C17H18ClFN2. The summed E-state index contributed by atoms with van der Waals surface area (Å²) in [5.41, 5.74) is 8.32. The van der Waals surface area contributed by atoms with Gasteiger partial charge < -0.3 is 5.73 Å². The van der Waals surface area contributed by atoms with Gasteiger partial charge in [0, 0.05) is 35.4 Å². The SMILES string of the molecule is Nc1ccc(CN(Cc2cc(Cl)ccc2F)C2CC2)cc1. The van der Waals surface area contributed by atoms with E-state index in [1.807, 2.05) is 24.3 Å². The van der Waals surface area contributed by atoms with Gasteiger partial charge in [0.25, 0.3) is 0 Å². The quantitative estimate of drug-likeness (QED) is 0.838. The molecule has 0 aromatic heterocycles. The first-order chi connectivity index (χ1) is 10.1. The minimum absolute atomic E-state index is 0.192. The van der Waals surface area contributed by atoms with Crippen molar-refractivity contribution in [3.05, 3.63) is 64.4 Å². The van der Waals surface area contributed by atoms with Crippen LogP contribution in [0.1, 0.15) is 24.0 Å². The number of nitrogens with zero attached hydrogens (tertiary/aromatic N) is 1. The van der Waals surface area contributed by atoms with Crippen molar-refractivity contribution in [2.24, 2.45) is 0 Å². The van der Waals surface area contributed by atoms with E-state index in [1.54, 1.807) is 12.1 Å². The molecule has 1 saturated carbocycles. The van der Waals surface area contributed by atoms with Gasteiger partial charge in [-0.1, -0.05) is 23.7 Å². The Morgan fingerprint density at radius 1 is 1.10 bits per heavy atom. The zero-order valence-electron chi connectivity index (χ0n) is 11.7. The Hall–Kier alpha value is -1.58. The number of hydrogen-bond donors (Lipinski definition) is 1. The van der Waals surface area contributed by atoms with Crippen LogP contribution in [0.2, 0.25) is 5.02 Å². The molecular weight excluding hydrogens is 287 g/mol. The molecule has 1 aliphatic carbocycles. The highest BCUT2D eigenvalue weighted by Crippen LogP contribution is 2.30. The fraction of sp³-hybridized carbons (Fsp3) is 0.294. The van der Waals surface area contributed by atoms with Crippen LogP contribution in [0, 0.1) is 5.82 Å². The van der Waals surface area contributed by atoms with E-state index in [9.17, 15) is 4.39 Å². The summed E-state index contributed by atoms with van der Waals surface area (Å²) in [5, 5.41) is 0.578. The summed E-state index contributed by atoms with van der Waals surface area (Å²) in [5.74, 6) is -0.192. The highest BCUT2D eigenvalue weighted by atomic mass is 35.5. The summed E-state index contributed by atoms with van der Waals surface area (Å²) in [7, 11) is 0. The zero-order chi connectivity index (χ0) is 14.8. The first kappa shape index (κ1) is 14.4. The van der Waals surface area contributed by atoms with E-state index in [2.05, 4.69) is 4.90 Å². The molecule has 110 valence electrons. The van der Waals surface area contributed by atoms with Crippen LogP contribution >= 0.6 is 11.6 Å². The predicted octanol–water partition coefficient (Wildman–Crippen LogP) is 4.23. The van der Waals surface area contributed by atoms with Gasteiger partial charge in [-0.05, 0) is 48.7 Å². The Kier molecular flexibility index (Phi) is 4.13. The van der Waals surface area contributed by atoms with Crippen LogP contribution in [0.5, 0.6) is 0 Å². The molecule has 0 bridgehead atoms. The normalized spacial score (nSPS) is 14.6. The molecule has 2 aromatic rings. The van der Waals surface area contributed by atoms with Gasteiger partial charge >= 0.3 is 0 Å². The Morgan fingerprint density at radius 3 is 2.48 bits per heavy atom. The molecule has 2 N–H and O–H groups in total. The third-order valence-corrected chi connectivity index (χ3v) is 4.04. The average molecular weight is 305 g/mol. The number of benzene rings is 2. The molecule has 0 aliphatic heterocycles. The van der Waals surface area contributed by atoms with E-state index < -0.39 is 0 Å². The predicted molar refractivity (Wildman–Crippen MR) is 84.5 cm³/mol. The van der Waals surface area contributed by atoms with Crippen LogP contribution in [0.15, 0.2) is 42.5 Å². The van der Waals surface area contributed by atoms with Crippen LogP contribution in [0.25, 0.3) is 0 Å². The second kappa shape index (κ2) is 6.04. The molecule has 0 atom stereocenters. The van der Waals surface area contributed by atoms with E-state index in [1.165, 1.54) is 24.5 Å². The van der Waals surface area contributed by atoms with Gasteiger partial charge in [-0.25, -0.2) is 4.39 Å². The lowest BCUT2D eigenvalue weighted by Crippen LogP contribution is -2.25. The van der Waals surface area contributed by atoms with Crippen molar-refractivity contribution in [2.75, 3.05) is 5.73 Å². The number of hydrogen-bond acceptors (Lipinski definition) is 2. The van der Waals surface area contributed by atoms with E-state index in [0.29, 0.717) is 23.2 Å². The smallest absolute Gasteiger partial charge is 0.127 e. The summed E-state index contributed by atoms with van der Waals surface area (Å²) in [6, 6.07) is 13.1. The van der Waals surface area contributed by atoms with Gasteiger partial charge in [0.2, 0.25) is 0 Å². The molecule has 1 aliphatic rings. The van der Waals surface area contributed by atoms with E-state index in [-0.39, 0.29) is 5.82 Å². The zero-order valence-corrected chi connectivity index (χ0v) is 12.5. The summed E-state index contributed by atoms with van der Waals surface area (Å²) in [6.07, 6.45) is 2.36. The summed E-state index contributed by atoms with van der Waals surface area (Å²) in [6.45, 7) is 1.39. The van der Waals surface area contributed by atoms with Gasteiger partial charge in [-0.15, -0.1) is 0 Å². The van der Waals surface area contributed by atoms with E-state index in [4.69, 9.17) is 17.3 Å². The maximum absolute atomic E-state index is 13.9. The third kappa shape index (κ3) is 3.74. The van der Waals surface area contributed by atoms with Crippen molar-refractivity contribution in [1.82, 2.24) is 4.90 Å². The van der Waals surface area contributed by atoms with Crippen LogP contribution in [-0.4, -0.2) is 10.9 Å². The van der Waals surface area contributed by atoms with Gasteiger partial charge in [-0.3, -0.25) is 4.90 Å². The first-order valence-electron chi connectivity index (χ1n) is 7.14. The van der Waals surface area contributed by atoms with Gasteiger partial charge in [-0.2, -0.15) is 0 Å². The number of halogens is 2. The molecule has 2 nitrogen and oxygen atoms in total. The maximum Gasteiger partial charge on any atom is 0.127 e. The van der Waals surface area contributed by atoms with E-state index in [0.717, 1.165) is 12.2 Å². The summed E-state index contributed by atoms with van der Waals surface area (Å²) in [4.78, 5) is 2.31. The fourth-order valence-corrected chi connectivity index (χ4v) is 2.69. The molecule has 1 fully saturated rings. The van der Waals surface area contributed by atoms with Crippen molar-refractivity contribution < 1.29 is 4.39 Å². The lowest BCUT2D eigenvalue weighted by atomic mass is 10.1. The Bertz CT molecular complexity index is 623. The van der Waals surface area contributed by atoms with Gasteiger partial charge in [0.15, 0.2) is 0 Å². The van der Waals surface area contributed by atoms with Crippen LogP contribution in [0.3, 0.4) is 0 Å². The summed E-state index contributed by atoms with van der Waals surface area (Å²) >= 11 is 5.97. The molecule has 4 heteroatoms. The maximum atomic E-state index is 13.9. The van der Waals surface area contributed by atoms with Crippen molar-refractivity contribution in [2.45, 2.75) is 32.0 Å². The highest BCUT2D eigenvalue weighted by molar-refractivity contribution is 6.30. The molecule has 0 radical (unpaired) electrons. The second-order valence-corrected chi connectivity index (χ2v) is 6.05.